The molecule has 31 heavy (non-hydrogen) atoms. The first-order valence-corrected chi connectivity index (χ1v) is 9.10. The molecule has 0 amide bonds. The molecule has 0 aliphatic carbocycles. The molecule has 0 fully saturated rings. The predicted molar refractivity (Wildman–Crippen MR) is 99.8 cm³/mol. The third-order valence-electron chi connectivity index (χ3n) is 4.45. The van der Waals surface area contributed by atoms with Crippen LogP contribution >= 0.6 is 0 Å². The number of nitro groups is 1. The van der Waals surface area contributed by atoms with E-state index in [1.165, 1.54) is 36.7 Å². The van der Waals surface area contributed by atoms with Crippen molar-refractivity contribution in [3.8, 4) is 28.8 Å². The summed E-state index contributed by atoms with van der Waals surface area (Å²) in [7, 11) is 0. The lowest BCUT2D eigenvalue weighted by Crippen LogP contribution is -2.31. The number of rotatable bonds is 6. The number of hydrogen-bond acceptors (Lipinski definition) is 7. The number of hydrogen-bond donors (Lipinski definition) is 0. The molecule has 9 nitrogen and oxygen atoms in total. The molecule has 0 saturated heterocycles. The molecule has 0 bridgehead atoms. The highest BCUT2D eigenvalue weighted by atomic mass is 19.4. The SMILES string of the molecule is O=[N+]([O-])c1cn2c(n1)OC(COc1ccc(-c3ccc(OC(F)(F)F)cc3)cn1)CC2. The fourth-order valence-electron chi connectivity index (χ4n) is 3.00. The topological polar surface area (TPSA) is 102 Å². The lowest BCUT2D eigenvalue weighted by atomic mass is 10.1. The standard InChI is InChI=1S/C19H15F3N4O5/c20-19(21,22)31-14-4-1-12(2-5-14)13-3-6-17(23-9-13)29-11-15-7-8-25-10-16(26(27)28)24-18(25)30-15/h1-6,9-10,15H,7-8,11H2. The number of aryl methyl sites for hydroxylation is 1. The van der Waals surface area contributed by atoms with E-state index in [0.29, 0.717) is 30.0 Å². The predicted octanol–water partition coefficient (Wildman–Crippen LogP) is 3.98. The summed E-state index contributed by atoms with van der Waals surface area (Å²) in [4.78, 5) is 18.2. The molecule has 12 heteroatoms. The quantitative estimate of drug-likeness (QED) is 0.425. The van der Waals surface area contributed by atoms with Crippen molar-refractivity contribution in [1.82, 2.24) is 14.5 Å². The summed E-state index contributed by atoms with van der Waals surface area (Å²) >= 11 is 0. The van der Waals surface area contributed by atoms with Crippen LogP contribution in [0.2, 0.25) is 0 Å². The van der Waals surface area contributed by atoms with Crippen LogP contribution in [0.3, 0.4) is 0 Å². The zero-order chi connectivity index (χ0) is 22.0. The molecule has 3 heterocycles. The minimum atomic E-state index is -4.74. The van der Waals surface area contributed by atoms with Crippen LogP contribution in [0.5, 0.6) is 17.6 Å². The van der Waals surface area contributed by atoms with Crippen LogP contribution in [0.1, 0.15) is 6.42 Å². The molecule has 4 rings (SSSR count). The summed E-state index contributed by atoms with van der Waals surface area (Å²) in [5, 5.41) is 10.8. The summed E-state index contributed by atoms with van der Waals surface area (Å²) in [5.41, 5.74) is 1.35. The first-order valence-electron chi connectivity index (χ1n) is 9.10. The number of aromatic nitrogens is 3. The summed E-state index contributed by atoms with van der Waals surface area (Å²) in [6.45, 7) is 0.696. The zero-order valence-corrected chi connectivity index (χ0v) is 15.8. The van der Waals surface area contributed by atoms with Gasteiger partial charge in [0.25, 0.3) is 0 Å². The van der Waals surface area contributed by atoms with Crippen LogP contribution in [-0.2, 0) is 6.54 Å². The largest absolute Gasteiger partial charge is 0.573 e. The average Bonchev–Trinajstić information content (AvgIpc) is 3.16. The van der Waals surface area contributed by atoms with E-state index in [0.717, 1.165) is 0 Å². The maximum absolute atomic E-state index is 12.2. The molecule has 1 aliphatic heterocycles. The fraction of sp³-hybridized carbons (Fsp3) is 0.263. The van der Waals surface area contributed by atoms with Crippen LogP contribution in [0, 0.1) is 10.1 Å². The summed E-state index contributed by atoms with van der Waals surface area (Å²) in [6.07, 6.45) is -1.62. The Labute approximate surface area is 173 Å². The second-order valence-electron chi connectivity index (χ2n) is 6.63. The van der Waals surface area contributed by atoms with E-state index in [1.54, 1.807) is 16.7 Å². The van der Waals surface area contributed by atoms with Crippen molar-refractivity contribution in [2.75, 3.05) is 6.61 Å². The summed E-state index contributed by atoms with van der Waals surface area (Å²) < 4.78 is 53.4. The van der Waals surface area contributed by atoms with E-state index >= 15 is 0 Å². The Bertz CT molecular complexity index is 1070. The number of fused-ring (bicyclic) bond motifs is 1. The molecule has 0 radical (unpaired) electrons. The zero-order valence-electron chi connectivity index (χ0n) is 15.8. The van der Waals surface area contributed by atoms with Gasteiger partial charge in [0.1, 0.15) is 24.7 Å². The van der Waals surface area contributed by atoms with Crippen LogP contribution < -0.4 is 14.2 Å². The highest BCUT2D eigenvalue weighted by molar-refractivity contribution is 5.63. The average molecular weight is 436 g/mol. The van der Waals surface area contributed by atoms with Crippen molar-refractivity contribution in [3.05, 3.63) is 58.9 Å². The monoisotopic (exact) mass is 436 g/mol. The Balaban J connectivity index is 1.33. The number of ether oxygens (including phenoxy) is 3. The molecule has 0 spiro atoms. The van der Waals surface area contributed by atoms with Crippen LogP contribution in [0.15, 0.2) is 48.8 Å². The minimum absolute atomic E-state index is 0.174. The highest BCUT2D eigenvalue weighted by Gasteiger charge is 2.31. The molecular formula is C19H15F3N4O5. The van der Waals surface area contributed by atoms with Gasteiger partial charge in [-0.05, 0) is 28.7 Å². The first-order chi connectivity index (χ1) is 14.8. The normalized spacial score (nSPS) is 15.6. The molecule has 0 N–H and O–H groups in total. The number of alkyl halides is 3. The molecular weight excluding hydrogens is 421 g/mol. The van der Waals surface area contributed by atoms with E-state index in [-0.39, 0.29) is 30.3 Å². The summed E-state index contributed by atoms with van der Waals surface area (Å²) in [5.74, 6) is -0.237. The second-order valence-corrected chi connectivity index (χ2v) is 6.63. The summed E-state index contributed by atoms with van der Waals surface area (Å²) in [6, 6.07) is 8.96. The van der Waals surface area contributed by atoms with Crippen LogP contribution in [-0.4, -0.2) is 38.5 Å². The Morgan fingerprint density at radius 1 is 1.19 bits per heavy atom. The number of pyridine rings is 1. The van der Waals surface area contributed by atoms with E-state index in [4.69, 9.17) is 9.47 Å². The lowest BCUT2D eigenvalue weighted by Gasteiger charge is -2.21. The lowest BCUT2D eigenvalue weighted by molar-refractivity contribution is -0.389. The maximum Gasteiger partial charge on any atom is 0.573 e. The van der Waals surface area contributed by atoms with Crippen molar-refractivity contribution in [3.63, 3.8) is 0 Å². The Kier molecular flexibility index (Phi) is 5.36. The number of halogens is 3. The number of nitrogens with zero attached hydrogens (tertiary/aromatic N) is 4. The molecule has 0 saturated carbocycles. The molecule has 2 aromatic heterocycles. The van der Waals surface area contributed by atoms with Crippen molar-refractivity contribution in [1.29, 1.82) is 0 Å². The van der Waals surface area contributed by atoms with Crippen LogP contribution in [0.25, 0.3) is 11.1 Å². The van der Waals surface area contributed by atoms with Gasteiger partial charge in [0.05, 0.1) is 0 Å². The van der Waals surface area contributed by atoms with Crippen LogP contribution in [0.4, 0.5) is 19.0 Å². The van der Waals surface area contributed by atoms with Gasteiger partial charge in [-0.2, -0.15) is 0 Å². The Morgan fingerprint density at radius 2 is 1.94 bits per heavy atom. The third kappa shape index (κ3) is 5.02. The van der Waals surface area contributed by atoms with Gasteiger partial charge in [0.15, 0.2) is 0 Å². The van der Waals surface area contributed by atoms with E-state index in [9.17, 15) is 23.3 Å². The van der Waals surface area contributed by atoms with Gasteiger partial charge in [-0.1, -0.05) is 12.1 Å². The Morgan fingerprint density at radius 3 is 2.58 bits per heavy atom. The molecule has 1 aliphatic rings. The highest BCUT2D eigenvalue weighted by Crippen LogP contribution is 2.27. The van der Waals surface area contributed by atoms with Gasteiger partial charge in [-0.3, -0.25) is 4.57 Å². The van der Waals surface area contributed by atoms with E-state index in [1.807, 2.05) is 0 Å². The maximum atomic E-state index is 12.2. The van der Waals surface area contributed by atoms with Gasteiger partial charge in [0.2, 0.25) is 5.88 Å². The number of benzene rings is 1. The smallest absolute Gasteiger partial charge is 0.474 e. The van der Waals surface area contributed by atoms with Crippen molar-refractivity contribution >= 4 is 5.82 Å². The van der Waals surface area contributed by atoms with Gasteiger partial charge >= 0.3 is 18.2 Å². The number of imidazole rings is 1. The van der Waals surface area contributed by atoms with Gasteiger partial charge in [-0.15, -0.1) is 13.2 Å². The minimum Gasteiger partial charge on any atom is -0.474 e. The van der Waals surface area contributed by atoms with Gasteiger partial charge in [0, 0.05) is 35.8 Å². The van der Waals surface area contributed by atoms with Crippen molar-refractivity contribution < 1.29 is 32.3 Å². The molecule has 162 valence electrons. The molecule has 1 atom stereocenters. The second kappa shape index (κ2) is 8.13. The van der Waals surface area contributed by atoms with Crippen molar-refractivity contribution in [2.45, 2.75) is 25.4 Å². The molecule has 1 aromatic carbocycles. The van der Waals surface area contributed by atoms with Gasteiger partial charge in [-0.25, -0.2) is 4.98 Å². The Hall–Kier alpha value is -3.83. The van der Waals surface area contributed by atoms with Crippen molar-refractivity contribution in [2.24, 2.45) is 0 Å². The van der Waals surface area contributed by atoms with Gasteiger partial charge < -0.3 is 24.3 Å². The fourth-order valence-corrected chi connectivity index (χ4v) is 3.00. The van der Waals surface area contributed by atoms with E-state index < -0.39 is 11.3 Å². The first kappa shape index (κ1) is 20.4. The van der Waals surface area contributed by atoms with E-state index in [2.05, 4.69) is 14.7 Å². The third-order valence-corrected chi connectivity index (χ3v) is 4.45. The molecule has 1 unspecified atom stereocenters. The molecule has 3 aromatic rings.